The summed E-state index contributed by atoms with van der Waals surface area (Å²) >= 11 is 5.97. The molecule has 3 rings (SSSR count). The fourth-order valence-corrected chi connectivity index (χ4v) is 2.88. The molecule has 1 aromatic rings. The van der Waals surface area contributed by atoms with Gasteiger partial charge in [-0.3, -0.25) is 4.79 Å². The van der Waals surface area contributed by atoms with Gasteiger partial charge in [-0.05, 0) is 48.6 Å². The first-order valence-electron chi connectivity index (χ1n) is 7.48. The van der Waals surface area contributed by atoms with Crippen LogP contribution in [-0.2, 0) is 16.0 Å². The molecule has 0 aromatic heterocycles. The molecule has 2 heterocycles. The van der Waals surface area contributed by atoms with Crippen LogP contribution in [-0.4, -0.2) is 36.1 Å². The lowest BCUT2D eigenvalue weighted by Crippen LogP contribution is -2.32. The average molecular weight is 325 g/mol. The van der Waals surface area contributed by atoms with Crippen LogP contribution in [0, 0.1) is 0 Å². The molecule has 0 bridgehead atoms. The minimum Gasteiger partial charge on any atom is -0.480 e. The van der Waals surface area contributed by atoms with Gasteiger partial charge >= 0.3 is 5.97 Å². The average Bonchev–Trinajstić information content (AvgIpc) is 2.84. The Morgan fingerprint density at radius 2 is 2.14 bits per heavy atom. The fourth-order valence-electron chi connectivity index (χ4n) is 2.70. The summed E-state index contributed by atoms with van der Waals surface area (Å²) in [4.78, 5) is 20.5. The molecule has 3 N–H and O–H groups in total. The normalized spacial score (nSPS) is 23.6. The van der Waals surface area contributed by atoms with E-state index in [2.05, 4.69) is 29.7 Å². The highest BCUT2D eigenvalue weighted by molar-refractivity contribution is 6.30. The molecular formula is C16H21ClN2O3. The van der Waals surface area contributed by atoms with E-state index in [9.17, 15) is 9.59 Å². The maximum absolute atomic E-state index is 10.4. The fraction of sp³-hybridized carbons (Fsp3) is 0.500. The maximum atomic E-state index is 10.4. The topological polar surface area (TPSA) is 78.4 Å². The van der Waals surface area contributed by atoms with Gasteiger partial charge in [-0.2, -0.15) is 0 Å². The summed E-state index contributed by atoms with van der Waals surface area (Å²) in [6.07, 6.45) is 1.89. The number of carbonyl (C=O) groups is 2. The van der Waals surface area contributed by atoms with E-state index in [0.717, 1.165) is 24.5 Å². The number of carbonyl (C=O) groups excluding carboxylic acids is 1. The highest BCUT2D eigenvalue weighted by atomic mass is 35.5. The number of amides is 1. The van der Waals surface area contributed by atoms with Crippen molar-refractivity contribution in [1.82, 2.24) is 10.6 Å². The van der Waals surface area contributed by atoms with Crippen LogP contribution in [0.25, 0.3) is 0 Å². The second kappa shape index (κ2) is 7.61. The summed E-state index contributed by atoms with van der Waals surface area (Å²) in [7, 11) is 0. The lowest BCUT2D eigenvalue weighted by Gasteiger charge is -2.11. The Bertz CT molecular complexity index is 562. The largest absolute Gasteiger partial charge is 0.480 e. The van der Waals surface area contributed by atoms with Crippen molar-refractivity contribution in [2.45, 2.75) is 38.1 Å². The van der Waals surface area contributed by atoms with Crippen molar-refractivity contribution in [3.05, 3.63) is 34.3 Å². The van der Waals surface area contributed by atoms with E-state index in [0.29, 0.717) is 18.8 Å². The zero-order chi connectivity index (χ0) is 16.1. The molecule has 2 aliphatic heterocycles. The van der Waals surface area contributed by atoms with E-state index in [1.54, 1.807) is 0 Å². The molecule has 0 saturated carbocycles. The van der Waals surface area contributed by atoms with Gasteiger partial charge in [0.25, 0.3) is 0 Å². The zero-order valence-electron chi connectivity index (χ0n) is 12.6. The van der Waals surface area contributed by atoms with Gasteiger partial charge in [0.1, 0.15) is 6.04 Å². The molecule has 1 aromatic carbocycles. The van der Waals surface area contributed by atoms with Crippen molar-refractivity contribution in [3.8, 4) is 0 Å². The maximum Gasteiger partial charge on any atom is 0.326 e. The molecule has 2 aliphatic rings. The van der Waals surface area contributed by atoms with Gasteiger partial charge in [-0.25, -0.2) is 4.79 Å². The highest BCUT2D eigenvalue weighted by Crippen LogP contribution is 2.25. The zero-order valence-corrected chi connectivity index (χ0v) is 13.3. The quantitative estimate of drug-likeness (QED) is 0.737. The number of nitrogens with one attached hydrogen (secondary N) is 2. The van der Waals surface area contributed by atoms with E-state index in [1.807, 2.05) is 6.07 Å². The molecule has 6 heteroatoms. The molecule has 1 fully saturated rings. The van der Waals surface area contributed by atoms with Gasteiger partial charge < -0.3 is 15.7 Å². The Morgan fingerprint density at radius 1 is 1.36 bits per heavy atom. The van der Waals surface area contributed by atoms with E-state index < -0.39 is 12.0 Å². The summed E-state index contributed by atoms with van der Waals surface area (Å²) in [5.74, 6) is -0.528. The third kappa shape index (κ3) is 4.45. The van der Waals surface area contributed by atoms with Crippen LogP contribution in [0.15, 0.2) is 18.2 Å². The molecule has 120 valence electrons. The monoisotopic (exact) mass is 324 g/mol. The van der Waals surface area contributed by atoms with Crippen molar-refractivity contribution >= 4 is 23.5 Å². The number of halogens is 1. The van der Waals surface area contributed by atoms with Crippen molar-refractivity contribution in [1.29, 1.82) is 0 Å². The summed E-state index contributed by atoms with van der Waals surface area (Å²) in [6, 6.07) is 5.60. The van der Waals surface area contributed by atoms with E-state index in [1.165, 1.54) is 11.1 Å². The highest BCUT2D eigenvalue weighted by Gasteiger charge is 2.26. The minimum absolute atomic E-state index is 0.164. The molecule has 0 aliphatic carbocycles. The number of hydrogen-bond donors (Lipinski definition) is 3. The molecule has 1 saturated heterocycles. The molecule has 22 heavy (non-hydrogen) atoms. The van der Waals surface area contributed by atoms with Gasteiger partial charge in [-0.1, -0.05) is 24.6 Å². The number of fused-ring (bicyclic) bond motifs is 1. The van der Waals surface area contributed by atoms with Gasteiger partial charge in [0.05, 0.1) is 0 Å². The van der Waals surface area contributed by atoms with Crippen LogP contribution >= 0.6 is 11.6 Å². The smallest absolute Gasteiger partial charge is 0.326 e. The van der Waals surface area contributed by atoms with Crippen LogP contribution in [0.3, 0.4) is 0 Å². The molecule has 1 amide bonds. The molecule has 5 nitrogen and oxygen atoms in total. The van der Waals surface area contributed by atoms with Gasteiger partial charge in [0, 0.05) is 18.0 Å². The van der Waals surface area contributed by atoms with Gasteiger partial charge in [0.15, 0.2) is 0 Å². The number of rotatable bonds is 1. The molecule has 0 radical (unpaired) electrons. The number of hydrogen-bond acceptors (Lipinski definition) is 3. The first-order chi connectivity index (χ1) is 10.5. The lowest BCUT2D eigenvalue weighted by molar-refractivity contribution is -0.140. The predicted octanol–water partition coefficient (Wildman–Crippen LogP) is 1.94. The van der Waals surface area contributed by atoms with E-state index >= 15 is 0 Å². The van der Waals surface area contributed by atoms with Gasteiger partial charge in [0.2, 0.25) is 5.91 Å². The Labute approximate surface area is 135 Å². The Kier molecular flexibility index (Phi) is 5.80. The van der Waals surface area contributed by atoms with Crippen molar-refractivity contribution in [2.75, 3.05) is 13.1 Å². The first-order valence-corrected chi connectivity index (χ1v) is 7.86. The number of carboxylic acids is 1. The molecule has 0 spiro atoms. The second-order valence-electron chi connectivity index (χ2n) is 5.70. The number of aliphatic carboxylic acids is 1. The molecule has 2 atom stereocenters. The second-order valence-corrected chi connectivity index (χ2v) is 6.13. The van der Waals surface area contributed by atoms with Crippen molar-refractivity contribution in [2.24, 2.45) is 0 Å². The van der Waals surface area contributed by atoms with E-state index in [4.69, 9.17) is 16.7 Å². The lowest BCUT2D eigenvalue weighted by atomic mass is 9.96. The summed E-state index contributed by atoms with van der Waals surface area (Å²) in [5, 5.41) is 14.9. The van der Waals surface area contributed by atoms with Crippen molar-refractivity contribution in [3.63, 3.8) is 0 Å². The standard InChI is InChI=1S/C11H14ClN.C5H7NO3/c1-8-7-13-5-4-9-2-3-10(12)6-11(8)9;7-4-2-1-3(6-4)5(8)9/h2-3,6,8,13H,4-5,7H2,1H3;3H,1-2H2,(H,6,7)(H,8,9)/t;3-/m.0/s1. The predicted molar refractivity (Wildman–Crippen MR) is 85.2 cm³/mol. The van der Waals surface area contributed by atoms with Crippen LogP contribution in [0.5, 0.6) is 0 Å². The van der Waals surface area contributed by atoms with Crippen LogP contribution < -0.4 is 10.6 Å². The van der Waals surface area contributed by atoms with Crippen LogP contribution in [0.4, 0.5) is 0 Å². The van der Waals surface area contributed by atoms with Crippen molar-refractivity contribution < 1.29 is 14.7 Å². The van der Waals surface area contributed by atoms with E-state index in [-0.39, 0.29) is 5.91 Å². The minimum atomic E-state index is -0.944. The number of carboxylic acid groups (broad SMARTS) is 1. The first kappa shape index (κ1) is 16.8. The molecule has 1 unspecified atom stereocenters. The summed E-state index contributed by atoms with van der Waals surface area (Å²) in [6.45, 7) is 4.39. The van der Waals surface area contributed by atoms with Crippen LogP contribution in [0.1, 0.15) is 36.8 Å². The van der Waals surface area contributed by atoms with Gasteiger partial charge in [-0.15, -0.1) is 0 Å². The summed E-state index contributed by atoms with van der Waals surface area (Å²) < 4.78 is 0. The Morgan fingerprint density at radius 3 is 2.73 bits per heavy atom. The SMILES string of the molecule is CC1CNCCc2ccc(Cl)cc21.O=C1CC[C@@H](C(=O)O)N1. The third-order valence-corrected chi connectivity index (χ3v) is 4.19. The Hall–Kier alpha value is -1.59. The summed E-state index contributed by atoms with van der Waals surface area (Å²) in [5.41, 5.74) is 2.86. The molecular weight excluding hydrogens is 304 g/mol. The number of benzene rings is 1. The third-order valence-electron chi connectivity index (χ3n) is 3.95. The Balaban J connectivity index is 0.000000172. The van der Waals surface area contributed by atoms with Crippen LogP contribution in [0.2, 0.25) is 5.02 Å².